The maximum Gasteiger partial charge on any atom is 0.223 e. The number of nitrogens with zero attached hydrogens (tertiary/aromatic N) is 2. The van der Waals surface area contributed by atoms with Crippen LogP contribution in [-0.2, 0) is 9.59 Å². The van der Waals surface area contributed by atoms with Crippen molar-refractivity contribution in [2.75, 3.05) is 13.6 Å². The molecule has 4 nitrogen and oxygen atoms in total. The summed E-state index contributed by atoms with van der Waals surface area (Å²) >= 11 is 0. The highest BCUT2D eigenvalue weighted by atomic mass is 16.2. The summed E-state index contributed by atoms with van der Waals surface area (Å²) in [6.45, 7) is 12.6. The van der Waals surface area contributed by atoms with Crippen LogP contribution < -0.4 is 0 Å². The minimum absolute atomic E-state index is 0.0343. The average molecular weight is 399 g/mol. The fourth-order valence-electron chi connectivity index (χ4n) is 3.16. The summed E-state index contributed by atoms with van der Waals surface area (Å²) in [5, 5.41) is 0. The fourth-order valence-corrected chi connectivity index (χ4v) is 3.16. The lowest BCUT2D eigenvalue weighted by Crippen LogP contribution is -2.27. The molecule has 4 heteroatoms. The molecule has 0 bridgehead atoms. The molecule has 0 aliphatic heterocycles. The third-order valence-corrected chi connectivity index (χ3v) is 5.36. The Bertz CT molecular complexity index is 698. The normalized spacial score (nSPS) is 16.7. The fraction of sp³-hybridized carbons (Fsp3) is 0.520. The molecule has 0 aromatic rings. The summed E-state index contributed by atoms with van der Waals surface area (Å²) in [7, 11) is 1.66. The van der Waals surface area contributed by atoms with Crippen LogP contribution in [0.3, 0.4) is 0 Å². The number of Topliss-reactive ketones (excluding diaryl/α,β-unsaturated/α-hetero) is 1. The summed E-state index contributed by atoms with van der Waals surface area (Å²) in [6.07, 6.45) is 18.1. The number of amides is 1. The number of carbonyl (C=O) groups is 2. The van der Waals surface area contributed by atoms with Crippen molar-refractivity contribution in [1.82, 2.24) is 9.80 Å². The van der Waals surface area contributed by atoms with Gasteiger partial charge in [0, 0.05) is 44.5 Å². The van der Waals surface area contributed by atoms with E-state index < -0.39 is 0 Å². The molecule has 1 aliphatic carbocycles. The van der Waals surface area contributed by atoms with E-state index in [2.05, 4.69) is 62.6 Å². The Morgan fingerprint density at radius 2 is 1.97 bits per heavy atom. The van der Waals surface area contributed by atoms with E-state index in [1.165, 1.54) is 11.8 Å². The molecule has 0 heterocycles. The van der Waals surface area contributed by atoms with E-state index in [0.29, 0.717) is 30.2 Å². The maximum absolute atomic E-state index is 13.0. The number of hydrogen-bond donors (Lipinski definition) is 0. The van der Waals surface area contributed by atoms with E-state index >= 15 is 0 Å². The van der Waals surface area contributed by atoms with Crippen molar-refractivity contribution in [2.24, 2.45) is 5.92 Å². The van der Waals surface area contributed by atoms with Crippen LogP contribution in [0.4, 0.5) is 0 Å². The first kappa shape index (κ1) is 24.7. The zero-order valence-electron chi connectivity index (χ0n) is 18.9. The van der Waals surface area contributed by atoms with Crippen LogP contribution in [0, 0.1) is 5.92 Å². The van der Waals surface area contributed by atoms with Crippen molar-refractivity contribution >= 4 is 11.7 Å². The van der Waals surface area contributed by atoms with E-state index in [-0.39, 0.29) is 11.7 Å². The SMILES string of the molecule is C=C(C(=CN(CC)C1=CC=CC(CC)CC=C1)C(=O)CCCCC)N(C)C(C)=O. The summed E-state index contributed by atoms with van der Waals surface area (Å²) < 4.78 is 0. The minimum atomic E-state index is -0.135. The van der Waals surface area contributed by atoms with Gasteiger partial charge in [-0.25, -0.2) is 0 Å². The number of likely N-dealkylation sites (N-methyl/N-ethyl adjacent to an activating group) is 2. The molecule has 0 saturated carbocycles. The number of ketones is 1. The molecule has 0 N–H and O–H groups in total. The molecule has 1 unspecified atom stereocenters. The first-order valence-corrected chi connectivity index (χ1v) is 10.9. The molecular formula is C25H38N2O2. The maximum atomic E-state index is 13.0. The van der Waals surface area contributed by atoms with Crippen molar-refractivity contribution in [2.45, 2.75) is 66.2 Å². The van der Waals surface area contributed by atoms with Gasteiger partial charge in [-0.1, -0.05) is 51.5 Å². The quantitative estimate of drug-likeness (QED) is 0.252. The molecule has 0 aromatic carbocycles. The molecular weight excluding hydrogens is 360 g/mol. The van der Waals surface area contributed by atoms with Gasteiger partial charge in [-0.2, -0.15) is 0 Å². The van der Waals surface area contributed by atoms with Gasteiger partial charge >= 0.3 is 0 Å². The minimum Gasteiger partial charge on any atom is -0.347 e. The van der Waals surface area contributed by atoms with Crippen molar-refractivity contribution in [3.8, 4) is 0 Å². The number of carbonyl (C=O) groups excluding carboxylic acids is 2. The van der Waals surface area contributed by atoms with E-state index in [1.807, 2.05) is 6.20 Å². The zero-order chi connectivity index (χ0) is 21.8. The standard InChI is InChI=1S/C25H38N2O2/c1-7-10-11-18-25(29)24(20(4)26(6)21(5)28)19-27(9-3)23-16-12-14-22(8-2)15-13-17-23/h12-14,16-17,19,22H,4,7-11,15,18H2,1-3,5-6H3. The van der Waals surface area contributed by atoms with Crippen molar-refractivity contribution < 1.29 is 9.59 Å². The summed E-state index contributed by atoms with van der Waals surface area (Å²) in [5.74, 6) is 0.463. The molecule has 0 spiro atoms. The predicted octanol–water partition coefficient (Wildman–Crippen LogP) is 5.76. The third kappa shape index (κ3) is 7.88. The van der Waals surface area contributed by atoms with Crippen LogP contribution in [0.15, 0.2) is 60.1 Å². The molecule has 0 saturated heterocycles. The summed E-state index contributed by atoms with van der Waals surface area (Å²) in [4.78, 5) is 28.3. The van der Waals surface area contributed by atoms with Crippen LogP contribution in [0.2, 0.25) is 0 Å². The van der Waals surface area contributed by atoms with Crippen molar-refractivity contribution in [3.05, 3.63) is 60.1 Å². The van der Waals surface area contributed by atoms with Gasteiger partial charge in [0.15, 0.2) is 5.78 Å². The number of unbranched alkanes of at least 4 members (excludes halogenated alkanes) is 2. The Morgan fingerprint density at radius 1 is 1.24 bits per heavy atom. The van der Waals surface area contributed by atoms with Gasteiger partial charge in [-0.15, -0.1) is 0 Å². The summed E-state index contributed by atoms with van der Waals surface area (Å²) in [5.41, 5.74) is 1.98. The first-order chi connectivity index (χ1) is 13.8. The van der Waals surface area contributed by atoms with Gasteiger partial charge in [0.1, 0.15) is 0 Å². The van der Waals surface area contributed by atoms with Crippen molar-refractivity contribution in [1.29, 1.82) is 0 Å². The molecule has 0 aromatic heterocycles. The molecule has 1 aliphatic rings. The van der Waals surface area contributed by atoms with Gasteiger partial charge in [-0.3, -0.25) is 9.59 Å². The monoisotopic (exact) mass is 398 g/mol. The van der Waals surface area contributed by atoms with E-state index in [1.54, 1.807) is 7.05 Å². The predicted molar refractivity (Wildman–Crippen MR) is 122 cm³/mol. The highest BCUT2D eigenvalue weighted by Gasteiger charge is 2.20. The van der Waals surface area contributed by atoms with Gasteiger partial charge in [-0.05, 0) is 44.3 Å². The van der Waals surface area contributed by atoms with E-state index in [4.69, 9.17) is 0 Å². The van der Waals surface area contributed by atoms with Crippen LogP contribution in [0.5, 0.6) is 0 Å². The lowest BCUT2D eigenvalue weighted by molar-refractivity contribution is -0.125. The highest BCUT2D eigenvalue weighted by Crippen LogP contribution is 2.22. The zero-order valence-corrected chi connectivity index (χ0v) is 18.9. The molecule has 1 rings (SSSR count). The molecule has 1 amide bonds. The van der Waals surface area contributed by atoms with E-state index in [9.17, 15) is 9.59 Å². The third-order valence-electron chi connectivity index (χ3n) is 5.36. The van der Waals surface area contributed by atoms with Gasteiger partial charge in [0.25, 0.3) is 0 Å². The highest BCUT2D eigenvalue weighted by molar-refractivity contribution is 6.00. The van der Waals surface area contributed by atoms with Crippen LogP contribution >= 0.6 is 0 Å². The summed E-state index contributed by atoms with van der Waals surface area (Å²) in [6, 6.07) is 0. The molecule has 0 fully saturated rings. The van der Waals surface area contributed by atoms with Crippen LogP contribution in [-0.4, -0.2) is 35.1 Å². The largest absolute Gasteiger partial charge is 0.347 e. The second kappa shape index (κ2) is 13.0. The number of allylic oxidation sites excluding steroid dienone is 6. The lowest BCUT2D eigenvalue weighted by atomic mass is 9.99. The first-order valence-electron chi connectivity index (χ1n) is 10.9. The Kier molecular flexibility index (Phi) is 11.0. The topological polar surface area (TPSA) is 40.6 Å². The molecule has 1 atom stereocenters. The second-order valence-electron chi connectivity index (χ2n) is 7.52. The van der Waals surface area contributed by atoms with Crippen LogP contribution in [0.25, 0.3) is 0 Å². The Labute approximate surface area is 177 Å². The molecule has 0 radical (unpaired) electrons. The molecule has 29 heavy (non-hydrogen) atoms. The van der Waals surface area contributed by atoms with E-state index in [0.717, 1.165) is 37.8 Å². The second-order valence-corrected chi connectivity index (χ2v) is 7.52. The smallest absolute Gasteiger partial charge is 0.223 e. The van der Waals surface area contributed by atoms with Gasteiger partial charge < -0.3 is 9.80 Å². The van der Waals surface area contributed by atoms with Gasteiger partial charge in [0.05, 0.1) is 5.57 Å². The Hall–Kier alpha value is -2.36. The Morgan fingerprint density at radius 3 is 2.55 bits per heavy atom. The Balaban J connectivity index is 3.23. The number of hydrogen-bond acceptors (Lipinski definition) is 3. The van der Waals surface area contributed by atoms with Crippen LogP contribution in [0.1, 0.15) is 66.2 Å². The van der Waals surface area contributed by atoms with Crippen molar-refractivity contribution in [3.63, 3.8) is 0 Å². The number of rotatable bonds is 11. The lowest BCUT2D eigenvalue weighted by Gasteiger charge is -2.25. The average Bonchev–Trinajstić information content (AvgIpc) is 2.68. The molecule has 160 valence electrons. The van der Waals surface area contributed by atoms with Gasteiger partial charge in [0.2, 0.25) is 5.91 Å².